The van der Waals surface area contributed by atoms with Crippen LogP contribution in [0.25, 0.3) is 0 Å². The minimum absolute atomic E-state index is 0.140. The summed E-state index contributed by atoms with van der Waals surface area (Å²) in [6, 6.07) is 13.5. The Morgan fingerprint density at radius 1 is 1.10 bits per heavy atom. The van der Waals surface area contributed by atoms with Crippen molar-refractivity contribution in [1.29, 1.82) is 0 Å². The number of carbonyl (C=O) groups is 3. The van der Waals surface area contributed by atoms with Gasteiger partial charge in [0.1, 0.15) is 17.7 Å². The Balaban J connectivity index is 0.000000302. The van der Waals surface area contributed by atoms with Crippen LogP contribution in [0.1, 0.15) is 42.9 Å². The van der Waals surface area contributed by atoms with Gasteiger partial charge in [-0.05, 0) is 36.6 Å². The highest BCUT2D eigenvalue weighted by Gasteiger charge is 2.40. The molecule has 0 amide bonds. The van der Waals surface area contributed by atoms with E-state index in [1.54, 1.807) is 12.3 Å². The van der Waals surface area contributed by atoms with Crippen molar-refractivity contribution in [3.63, 3.8) is 0 Å². The molecule has 0 saturated carbocycles. The Labute approximate surface area is 236 Å². The Hall–Kier alpha value is -4.29. The van der Waals surface area contributed by atoms with Crippen molar-refractivity contribution >= 4 is 17.9 Å². The third-order valence-electron chi connectivity index (χ3n) is 6.45. The highest BCUT2D eigenvalue weighted by Crippen LogP contribution is 2.30. The minimum Gasteiger partial charge on any atom is -0.490 e. The number of benzene rings is 2. The van der Waals surface area contributed by atoms with Gasteiger partial charge in [-0.1, -0.05) is 30.3 Å². The maximum atomic E-state index is 14.2. The van der Waals surface area contributed by atoms with Crippen molar-refractivity contribution in [3.05, 3.63) is 83.7 Å². The predicted octanol–water partition coefficient (Wildman–Crippen LogP) is 3.19. The van der Waals surface area contributed by atoms with E-state index in [0.29, 0.717) is 6.54 Å². The molecule has 0 spiro atoms. The number of rotatable bonds is 13. The molecule has 220 valence electrons. The van der Waals surface area contributed by atoms with Crippen molar-refractivity contribution in [2.75, 3.05) is 6.54 Å². The molecule has 11 nitrogen and oxygen atoms in total. The number of carboxylic acids is 3. The van der Waals surface area contributed by atoms with E-state index in [9.17, 15) is 18.8 Å². The lowest BCUT2D eigenvalue weighted by molar-refractivity contribution is -0.170. The van der Waals surface area contributed by atoms with Gasteiger partial charge in [-0.15, -0.1) is 0 Å². The number of ether oxygens (including phenoxy) is 1. The summed E-state index contributed by atoms with van der Waals surface area (Å²) in [4.78, 5) is 36.9. The molecule has 0 radical (unpaired) electrons. The Bertz CT molecular complexity index is 1320. The predicted molar refractivity (Wildman–Crippen MR) is 145 cm³/mol. The summed E-state index contributed by atoms with van der Waals surface area (Å²) in [7, 11) is 0. The second-order valence-electron chi connectivity index (χ2n) is 10.0. The van der Waals surface area contributed by atoms with Crippen molar-refractivity contribution in [3.8, 4) is 5.75 Å². The van der Waals surface area contributed by atoms with Crippen LogP contribution < -0.4 is 4.74 Å². The first-order chi connectivity index (χ1) is 19.4. The molecule has 0 aliphatic carbocycles. The van der Waals surface area contributed by atoms with Gasteiger partial charge in [0, 0.05) is 50.6 Å². The molecule has 0 saturated heterocycles. The highest BCUT2D eigenvalue weighted by molar-refractivity contribution is 5.88. The van der Waals surface area contributed by atoms with E-state index in [1.807, 2.05) is 24.7 Å². The maximum absolute atomic E-state index is 14.2. The molecule has 0 bridgehead atoms. The van der Waals surface area contributed by atoms with Gasteiger partial charge < -0.3 is 29.7 Å². The van der Waals surface area contributed by atoms with E-state index in [-0.39, 0.29) is 11.9 Å². The topological polar surface area (TPSA) is 162 Å². The van der Waals surface area contributed by atoms with E-state index < -0.39 is 36.4 Å². The van der Waals surface area contributed by atoms with Crippen LogP contribution in [0.5, 0.6) is 5.75 Å². The van der Waals surface area contributed by atoms with E-state index in [2.05, 4.69) is 39.6 Å². The van der Waals surface area contributed by atoms with Crippen LogP contribution in [-0.2, 0) is 40.4 Å². The lowest BCUT2D eigenvalue weighted by atomic mass is 9.96. The number of hydrogen-bond acceptors (Lipinski definition) is 7. The fourth-order valence-electron chi connectivity index (χ4n) is 4.52. The molecule has 1 unspecified atom stereocenters. The summed E-state index contributed by atoms with van der Waals surface area (Å²) < 4.78 is 22.1. The lowest BCUT2D eigenvalue weighted by Gasteiger charge is -2.23. The smallest absolute Gasteiger partial charge is 0.336 e. The molecular formula is C29H34FN3O8. The number of carboxylic acid groups (broad SMARTS) is 3. The van der Waals surface area contributed by atoms with Crippen molar-refractivity contribution in [2.45, 2.75) is 63.9 Å². The molecule has 12 heteroatoms. The molecule has 4 N–H and O–H groups in total. The Kier molecular flexibility index (Phi) is 11.0. The summed E-state index contributed by atoms with van der Waals surface area (Å²) in [6.45, 7) is 5.28. The van der Waals surface area contributed by atoms with Crippen molar-refractivity contribution in [2.24, 2.45) is 0 Å². The van der Waals surface area contributed by atoms with Crippen LogP contribution in [0.4, 0.5) is 4.39 Å². The van der Waals surface area contributed by atoms with Crippen LogP contribution >= 0.6 is 0 Å². The zero-order chi connectivity index (χ0) is 30.0. The number of fused-ring (bicyclic) bond motifs is 1. The second-order valence-corrected chi connectivity index (χ2v) is 10.0. The second kappa shape index (κ2) is 14.4. The van der Waals surface area contributed by atoms with Gasteiger partial charge in [-0.3, -0.25) is 14.5 Å². The van der Waals surface area contributed by atoms with E-state index in [0.717, 1.165) is 43.8 Å². The summed E-state index contributed by atoms with van der Waals surface area (Å²) in [6.07, 6.45) is 5.50. The largest absolute Gasteiger partial charge is 0.490 e. The van der Waals surface area contributed by atoms with Gasteiger partial charge in [0.15, 0.2) is 5.60 Å². The average molecular weight is 572 g/mol. The molecule has 1 aliphatic heterocycles. The molecule has 3 aromatic rings. The molecule has 2 aromatic carbocycles. The maximum Gasteiger partial charge on any atom is 0.336 e. The SMILES string of the molecule is CC1Cc2cc(CN(CCCn3ccnc3)Cc3ccccc3F)ccc2O1.O=C(O)CC(O)(CC(=O)O)C(=O)O. The number of aliphatic hydroxyl groups is 1. The molecule has 1 atom stereocenters. The van der Waals surface area contributed by atoms with Crippen molar-refractivity contribution in [1.82, 2.24) is 14.5 Å². The number of aromatic nitrogens is 2. The van der Waals surface area contributed by atoms with Gasteiger partial charge in [-0.25, -0.2) is 14.2 Å². The number of halogens is 1. The molecule has 4 rings (SSSR count). The first-order valence-electron chi connectivity index (χ1n) is 13.0. The number of aliphatic carboxylic acids is 3. The average Bonchev–Trinajstić information content (AvgIpc) is 3.53. The van der Waals surface area contributed by atoms with Crippen LogP contribution in [0, 0.1) is 5.82 Å². The van der Waals surface area contributed by atoms with Gasteiger partial charge in [0.05, 0.1) is 19.2 Å². The zero-order valence-electron chi connectivity index (χ0n) is 22.6. The number of nitrogens with zero attached hydrogens (tertiary/aromatic N) is 3. The molecule has 1 aromatic heterocycles. The lowest BCUT2D eigenvalue weighted by Crippen LogP contribution is -2.42. The Morgan fingerprint density at radius 3 is 2.41 bits per heavy atom. The first kappa shape index (κ1) is 31.2. The van der Waals surface area contributed by atoms with E-state index >= 15 is 0 Å². The van der Waals surface area contributed by atoms with E-state index in [1.165, 1.54) is 17.2 Å². The standard InChI is InChI=1S/C23H26FN3O.C6H8O7/c1-18-13-21-14-19(7-8-23(21)28-18)15-27(11-4-10-26-12-9-25-17-26)16-20-5-2-3-6-22(20)24;7-3(8)1-6(13,5(11)12)2-4(9)10/h2-3,5-9,12,14,17-18H,4,10-11,13,15-16H2,1H3;13H,1-2H2,(H,7,8)(H,9,10)(H,11,12). The quantitative estimate of drug-likeness (QED) is 0.240. The summed E-state index contributed by atoms with van der Waals surface area (Å²) in [5, 5.41) is 33.8. The summed E-state index contributed by atoms with van der Waals surface area (Å²) in [5.74, 6) is -4.16. The van der Waals surface area contributed by atoms with Gasteiger partial charge in [0.25, 0.3) is 0 Å². The molecule has 41 heavy (non-hydrogen) atoms. The molecule has 1 aliphatic rings. The summed E-state index contributed by atoms with van der Waals surface area (Å²) >= 11 is 0. The molecule has 0 fully saturated rings. The zero-order valence-corrected chi connectivity index (χ0v) is 22.6. The molecule has 2 heterocycles. The van der Waals surface area contributed by atoms with E-state index in [4.69, 9.17) is 25.2 Å². The number of imidazole rings is 1. The minimum atomic E-state index is -2.74. The normalized spacial score (nSPS) is 14.1. The highest BCUT2D eigenvalue weighted by atomic mass is 19.1. The van der Waals surface area contributed by atoms with Crippen LogP contribution in [0.15, 0.2) is 61.2 Å². The van der Waals surface area contributed by atoms with Crippen LogP contribution in [-0.4, -0.2) is 71.0 Å². The van der Waals surface area contributed by atoms with Crippen LogP contribution in [0.2, 0.25) is 0 Å². The number of aryl methyl sites for hydroxylation is 1. The first-order valence-corrected chi connectivity index (χ1v) is 13.0. The number of hydrogen-bond donors (Lipinski definition) is 4. The third kappa shape index (κ3) is 9.69. The fourth-order valence-corrected chi connectivity index (χ4v) is 4.52. The fraction of sp³-hybridized carbons (Fsp3) is 0.379. The monoisotopic (exact) mass is 571 g/mol. The van der Waals surface area contributed by atoms with Gasteiger partial charge >= 0.3 is 17.9 Å². The van der Waals surface area contributed by atoms with Gasteiger partial charge in [0.2, 0.25) is 0 Å². The van der Waals surface area contributed by atoms with Crippen LogP contribution in [0.3, 0.4) is 0 Å². The van der Waals surface area contributed by atoms with Crippen molar-refractivity contribution < 1.29 is 43.9 Å². The molecular weight excluding hydrogens is 537 g/mol. The third-order valence-corrected chi connectivity index (χ3v) is 6.45. The summed E-state index contributed by atoms with van der Waals surface area (Å²) in [5.41, 5.74) is 0.519. The van der Waals surface area contributed by atoms with Gasteiger partial charge in [-0.2, -0.15) is 0 Å². The Morgan fingerprint density at radius 2 is 1.80 bits per heavy atom.